The largest absolute Gasteiger partial charge is 0.491 e. The molecule has 0 atom stereocenters. The standard InChI is InChI=1S/C18H21FN2O2/c1-13-6-5-9-17(14(13)2)23-11-10-20-18(22)21-12-15-7-3-4-8-16(15)19/h3-9H,10-12H2,1-2H3,(H2,20,21,22). The van der Waals surface area contributed by atoms with Crippen molar-refractivity contribution >= 4 is 6.03 Å². The molecule has 0 aliphatic carbocycles. The van der Waals surface area contributed by atoms with Crippen molar-refractivity contribution in [2.75, 3.05) is 13.2 Å². The van der Waals surface area contributed by atoms with Crippen molar-refractivity contribution in [3.05, 3.63) is 65.0 Å². The van der Waals surface area contributed by atoms with Gasteiger partial charge in [-0.1, -0.05) is 30.3 Å². The average Bonchev–Trinajstić information content (AvgIpc) is 2.54. The third-order valence-electron chi connectivity index (χ3n) is 3.60. The number of amides is 2. The zero-order valence-electron chi connectivity index (χ0n) is 13.4. The van der Waals surface area contributed by atoms with E-state index in [1.165, 1.54) is 6.07 Å². The number of rotatable bonds is 6. The first-order chi connectivity index (χ1) is 11.1. The molecule has 0 saturated carbocycles. The normalized spacial score (nSPS) is 10.2. The molecular formula is C18H21FN2O2. The van der Waals surface area contributed by atoms with Crippen molar-refractivity contribution in [3.63, 3.8) is 0 Å². The summed E-state index contributed by atoms with van der Waals surface area (Å²) >= 11 is 0. The van der Waals surface area contributed by atoms with E-state index in [0.717, 1.165) is 16.9 Å². The van der Waals surface area contributed by atoms with Gasteiger partial charge in [-0.3, -0.25) is 0 Å². The highest BCUT2D eigenvalue weighted by Gasteiger charge is 2.04. The van der Waals surface area contributed by atoms with Crippen LogP contribution in [-0.4, -0.2) is 19.2 Å². The minimum atomic E-state index is -0.349. The van der Waals surface area contributed by atoms with Crippen molar-refractivity contribution in [1.29, 1.82) is 0 Å². The molecular weight excluding hydrogens is 295 g/mol. The van der Waals surface area contributed by atoms with Crippen LogP contribution in [-0.2, 0) is 6.54 Å². The molecule has 0 saturated heterocycles. The summed E-state index contributed by atoms with van der Waals surface area (Å²) in [6.07, 6.45) is 0. The minimum Gasteiger partial charge on any atom is -0.491 e. The van der Waals surface area contributed by atoms with Crippen LogP contribution in [0.15, 0.2) is 42.5 Å². The molecule has 0 fully saturated rings. The molecule has 0 aliphatic heterocycles. The number of halogens is 1. The summed E-state index contributed by atoms with van der Waals surface area (Å²) < 4.78 is 19.1. The fraction of sp³-hybridized carbons (Fsp3) is 0.278. The van der Waals surface area contributed by atoms with Crippen LogP contribution in [0.3, 0.4) is 0 Å². The van der Waals surface area contributed by atoms with Gasteiger partial charge in [0, 0.05) is 12.1 Å². The van der Waals surface area contributed by atoms with Crippen LogP contribution in [0.2, 0.25) is 0 Å². The molecule has 23 heavy (non-hydrogen) atoms. The Labute approximate surface area is 135 Å². The molecule has 122 valence electrons. The third-order valence-corrected chi connectivity index (χ3v) is 3.60. The number of nitrogens with one attached hydrogen (secondary N) is 2. The Kier molecular flexibility index (Phi) is 5.97. The van der Waals surface area contributed by atoms with Gasteiger partial charge in [-0.2, -0.15) is 0 Å². The van der Waals surface area contributed by atoms with Gasteiger partial charge in [0.05, 0.1) is 6.54 Å². The molecule has 0 bridgehead atoms. The van der Waals surface area contributed by atoms with Crippen molar-refractivity contribution in [1.82, 2.24) is 10.6 Å². The van der Waals surface area contributed by atoms with Crippen molar-refractivity contribution in [3.8, 4) is 5.75 Å². The third kappa shape index (κ3) is 4.98. The van der Waals surface area contributed by atoms with Gasteiger partial charge >= 0.3 is 6.03 Å². The molecule has 4 nitrogen and oxygen atoms in total. The molecule has 0 radical (unpaired) electrons. The summed E-state index contributed by atoms with van der Waals surface area (Å²) in [5, 5.41) is 5.29. The van der Waals surface area contributed by atoms with Crippen LogP contribution in [0, 0.1) is 19.7 Å². The molecule has 0 unspecified atom stereocenters. The number of urea groups is 1. The van der Waals surface area contributed by atoms with E-state index in [0.29, 0.717) is 18.7 Å². The highest BCUT2D eigenvalue weighted by molar-refractivity contribution is 5.73. The molecule has 5 heteroatoms. The topological polar surface area (TPSA) is 50.4 Å². The van der Waals surface area contributed by atoms with Gasteiger partial charge in [0.2, 0.25) is 0 Å². The highest BCUT2D eigenvalue weighted by atomic mass is 19.1. The predicted octanol–water partition coefficient (Wildman–Crippen LogP) is 3.32. The first-order valence-corrected chi connectivity index (χ1v) is 7.52. The Morgan fingerprint density at radius 1 is 1.09 bits per heavy atom. The predicted molar refractivity (Wildman–Crippen MR) is 88.0 cm³/mol. The monoisotopic (exact) mass is 316 g/mol. The zero-order chi connectivity index (χ0) is 16.7. The summed E-state index contributed by atoms with van der Waals surface area (Å²) in [5.74, 6) is 0.490. The molecule has 2 N–H and O–H groups in total. The van der Waals surface area contributed by atoms with Crippen LogP contribution in [0.1, 0.15) is 16.7 Å². The smallest absolute Gasteiger partial charge is 0.315 e. The first-order valence-electron chi connectivity index (χ1n) is 7.52. The van der Waals surface area contributed by atoms with Crippen molar-refractivity contribution in [2.45, 2.75) is 20.4 Å². The van der Waals surface area contributed by atoms with E-state index in [-0.39, 0.29) is 18.4 Å². The second-order valence-electron chi connectivity index (χ2n) is 5.25. The van der Waals surface area contributed by atoms with E-state index in [1.807, 2.05) is 32.0 Å². The van der Waals surface area contributed by atoms with Gasteiger partial charge in [-0.15, -0.1) is 0 Å². The lowest BCUT2D eigenvalue weighted by atomic mass is 10.1. The zero-order valence-corrected chi connectivity index (χ0v) is 13.4. The Morgan fingerprint density at radius 3 is 2.65 bits per heavy atom. The van der Waals surface area contributed by atoms with Gasteiger partial charge in [0.1, 0.15) is 18.2 Å². The molecule has 2 aromatic rings. The van der Waals surface area contributed by atoms with Crippen LogP contribution < -0.4 is 15.4 Å². The number of hydrogen-bond acceptors (Lipinski definition) is 2. The van der Waals surface area contributed by atoms with Gasteiger partial charge in [0.25, 0.3) is 0 Å². The Hall–Kier alpha value is -2.56. The molecule has 2 rings (SSSR count). The number of ether oxygens (including phenoxy) is 1. The SMILES string of the molecule is Cc1cccc(OCCNC(=O)NCc2ccccc2F)c1C. The van der Waals surface area contributed by atoms with Crippen LogP contribution in [0.4, 0.5) is 9.18 Å². The first kappa shape index (κ1) is 16.8. The van der Waals surface area contributed by atoms with Gasteiger partial charge < -0.3 is 15.4 Å². The number of hydrogen-bond donors (Lipinski definition) is 2. The lowest BCUT2D eigenvalue weighted by molar-refractivity contribution is 0.236. The quantitative estimate of drug-likeness (QED) is 0.803. The van der Waals surface area contributed by atoms with Crippen LogP contribution in [0.25, 0.3) is 0 Å². The van der Waals surface area contributed by atoms with Gasteiger partial charge in [0.15, 0.2) is 0 Å². The highest BCUT2D eigenvalue weighted by Crippen LogP contribution is 2.20. The molecule has 0 aliphatic rings. The maximum absolute atomic E-state index is 13.4. The van der Waals surface area contributed by atoms with E-state index in [9.17, 15) is 9.18 Å². The Balaban J connectivity index is 1.69. The number of benzene rings is 2. The van der Waals surface area contributed by atoms with E-state index >= 15 is 0 Å². The number of carbonyl (C=O) groups excluding carboxylic acids is 1. The second-order valence-corrected chi connectivity index (χ2v) is 5.25. The van der Waals surface area contributed by atoms with Crippen molar-refractivity contribution < 1.29 is 13.9 Å². The van der Waals surface area contributed by atoms with E-state index in [4.69, 9.17) is 4.74 Å². The summed E-state index contributed by atoms with van der Waals surface area (Å²) in [6.45, 7) is 4.92. The molecule has 2 aromatic carbocycles. The molecule has 0 spiro atoms. The fourth-order valence-electron chi connectivity index (χ4n) is 2.09. The van der Waals surface area contributed by atoms with Crippen LogP contribution in [0.5, 0.6) is 5.75 Å². The van der Waals surface area contributed by atoms with Gasteiger partial charge in [-0.05, 0) is 37.1 Å². The van der Waals surface area contributed by atoms with E-state index < -0.39 is 0 Å². The maximum atomic E-state index is 13.4. The fourth-order valence-corrected chi connectivity index (χ4v) is 2.09. The van der Waals surface area contributed by atoms with Gasteiger partial charge in [-0.25, -0.2) is 9.18 Å². The minimum absolute atomic E-state index is 0.149. The number of aryl methyl sites for hydroxylation is 1. The van der Waals surface area contributed by atoms with E-state index in [2.05, 4.69) is 10.6 Å². The molecule has 0 heterocycles. The summed E-state index contributed by atoms with van der Waals surface area (Å²) in [6, 6.07) is 11.9. The Morgan fingerprint density at radius 2 is 1.87 bits per heavy atom. The lowest BCUT2D eigenvalue weighted by Gasteiger charge is -2.12. The lowest BCUT2D eigenvalue weighted by Crippen LogP contribution is -2.37. The Bertz CT molecular complexity index is 674. The molecule has 0 aromatic heterocycles. The summed E-state index contributed by atoms with van der Waals surface area (Å²) in [7, 11) is 0. The van der Waals surface area contributed by atoms with E-state index in [1.54, 1.807) is 18.2 Å². The molecule has 2 amide bonds. The summed E-state index contributed by atoms with van der Waals surface area (Å²) in [4.78, 5) is 11.7. The average molecular weight is 316 g/mol. The number of carbonyl (C=O) groups is 1. The summed E-state index contributed by atoms with van der Waals surface area (Å²) in [5.41, 5.74) is 2.71. The van der Waals surface area contributed by atoms with Crippen LogP contribution >= 0.6 is 0 Å². The van der Waals surface area contributed by atoms with Crippen molar-refractivity contribution in [2.24, 2.45) is 0 Å². The second kappa shape index (κ2) is 8.17. The maximum Gasteiger partial charge on any atom is 0.315 e.